The zero-order valence-electron chi connectivity index (χ0n) is 15.2. The summed E-state index contributed by atoms with van der Waals surface area (Å²) in [7, 11) is 1.56. The normalized spacial score (nSPS) is 10.2. The maximum atomic E-state index is 12.6. The molecule has 0 bridgehead atoms. The Hall–Kier alpha value is -2.56. The summed E-state index contributed by atoms with van der Waals surface area (Å²) in [6, 6.07) is 9.36. The molecule has 2 rings (SSSR count). The van der Waals surface area contributed by atoms with Crippen LogP contribution in [0.2, 0.25) is 0 Å². The van der Waals surface area contributed by atoms with Crippen LogP contribution in [0.1, 0.15) is 15.9 Å². The van der Waals surface area contributed by atoms with Crippen LogP contribution in [0.4, 0.5) is 11.4 Å². The summed E-state index contributed by atoms with van der Waals surface area (Å²) in [5.41, 5.74) is 1.46. The zero-order chi connectivity index (χ0) is 20.7. The number of halogens is 1. The van der Waals surface area contributed by atoms with Gasteiger partial charge in [-0.05, 0) is 49.0 Å². The van der Waals surface area contributed by atoms with Gasteiger partial charge in [-0.25, -0.2) is 0 Å². The molecule has 8 nitrogen and oxygen atoms in total. The highest BCUT2D eigenvalue weighted by atomic mass is 79.9. The summed E-state index contributed by atoms with van der Waals surface area (Å²) in [6.45, 7) is 2.38. The van der Waals surface area contributed by atoms with Gasteiger partial charge in [0.15, 0.2) is 5.11 Å². The molecule has 0 aliphatic heterocycles. The summed E-state index contributed by atoms with van der Waals surface area (Å²) in [5, 5.41) is 16.3. The minimum atomic E-state index is -0.477. The van der Waals surface area contributed by atoms with Gasteiger partial charge >= 0.3 is 0 Å². The molecule has 2 aromatic rings. The lowest BCUT2D eigenvalue weighted by Gasteiger charge is -2.14. The average molecular weight is 468 g/mol. The van der Waals surface area contributed by atoms with Gasteiger partial charge in [-0.2, -0.15) is 0 Å². The first kappa shape index (κ1) is 21.7. The topological polar surface area (TPSA) is 103 Å². The van der Waals surface area contributed by atoms with Crippen molar-refractivity contribution in [1.82, 2.24) is 5.32 Å². The highest BCUT2D eigenvalue weighted by Gasteiger charge is 2.16. The molecule has 0 aliphatic carbocycles. The Labute approximate surface area is 175 Å². The molecule has 10 heteroatoms. The smallest absolute Gasteiger partial charge is 0.269 e. The summed E-state index contributed by atoms with van der Waals surface area (Å²) in [6.07, 6.45) is 0. The van der Waals surface area contributed by atoms with Crippen LogP contribution >= 0.6 is 28.1 Å². The van der Waals surface area contributed by atoms with Crippen molar-refractivity contribution >= 4 is 50.5 Å². The van der Waals surface area contributed by atoms with Crippen LogP contribution in [0, 0.1) is 17.0 Å². The SMILES string of the molecule is COCCOc1ccc(Br)cc1C(=O)NC(=S)Nc1ccc([N+](=O)[O-])cc1C. The number of carbonyl (C=O) groups is 1. The first-order chi connectivity index (χ1) is 13.3. The highest BCUT2D eigenvalue weighted by molar-refractivity contribution is 9.10. The molecule has 28 heavy (non-hydrogen) atoms. The lowest BCUT2D eigenvalue weighted by Crippen LogP contribution is -2.34. The molecule has 0 unspecified atom stereocenters. The molecule has 0 saturated carbocycles. The van der Waals surface area contributed by atoms with Gasteiger partial charge in [-0.1, -0.05) is 15.9 Å². The van der Waals surface area contributed by atoms with Gasteiger partial charge in [0.1, 0.15) is 12.4 Å². The molecule has 1 amide bonds. The van der Waals surface area contributed by atoms with E-state index in [1.807, 2.05) is 0 Å². The van der Waals surface area contributed by atoms with Crippen molar-refractivity contribution in [2.75, 3.05) is 25.6 Å². The van der Waals surface area contributed by atoms with E-state index in [1.165, 1.54) is 18.2 Å². The highest BCUT2D eigenvalue weighted by Crippen LogP contribution is 2.24. The van der Waals surface area contributed by atoms with E-state index < -0.39 is 10.8 Å². The number of anilines is 1. The van der Waals surface area contributed by atoms with E-state index in [9.17, 15) is 14.9 Å². The van der Waals surface area contributed by atoms with Crippen LogP contribution in [-0.4, -0.2) is 36.3 Å². The second-order valence-corrected chi connectivity index (χ2v) is 6.97. The van der Waals surface area contributed by atoms with Gasteiger partial charge in [-0.3, -0.25) is 20.2 Å². The molecule has 0 heterocycles. The average Bonchev–Trinajstić information content (AvgIpc) is 2.64. The molecule has 0 saturated heterocycles. The molecular formula is C18H18BrN3O5S. The van der Waals surface area contributed by atoms with Gasteiger partial charge in [-0.15, -0.1) is 0 Å². The summed E-state index contributed by atoms with van der Waals surface area (Å²) >= 11 is 8.52. The van der Waals surface area contributed by atoms with E-state index in [1.54, 1.807) is 32.2 Å². The molecule has 2 N–H and O–H groups in total. The van der Waals surface area contributed by atoms with E-state index in [0.717, 1.165) is 0 Å². The van der Waals surface area contributed by atoms with Crippen molar-refractivity contribution in [3.63, 3.8) is 0 Å². The van der Waals surface area contributed by atoms with Gasteiger partial charge < -0.3 is 14.8 Å². The zero-order valence-corrected chi connectivity index (χ0v) is 17.6. The minimum Gasteiger partial charge on any atom is -0.490 e. The van der Waals surface area contributed by atoms with Crippen LogP contribution in [-0.2, 0) is 4.74 Å². The molecule has 0 fully saturated rings. The van der Waals surface area contributed by atoms with E-state index in [-0.39, 0.29) is 10.8 Å². The molecule has 0 aliphatic rings. The molecule has 0 radical (unpaired) electrons. The van der Waals surface area contributed by atoms with Crippen LogP contribution in [0.3, 0.4) is 0 Å². The monoisotopic (exact) mass is 467 g/mol. The number of benzene rings is 2. The van der Waals surface area contributed by atoms with Crippen LogP contribution < -0.4 is 15.4 Å². The van der Waals surface area contributed by atoms with Crippen molar-refractivity contribution in [2.45, 2.75) is 6.92 Å². The number of nitrogens with zero attached hydrogens (tertiary/aromatic N) is 1. The number of thiocarbonyl (C=S) groups is 1. The van der Waals surface area contributed by atoms with Crippen molar-refractivity contribution in [3.8, 4) is 5.75 Å². The third kappa shape index (κ3) is 5.98. The number of amides is 1. The molecule has 0 aromatic heterocycles. The predicted octanol–water partition coefficient (Wildman–Crippen LogP) is 3.82. The number of aryl methyl sites for hydroxylation is 1. The largest absolute Gasteiger partial charge is 0.490 e. The Balaban J connectivity index is 2.09. The number of non-ortho nitro benzene ring substituents is 1. The number of nitro benzene ring substituents is 1. The van der Waals surface area contributed by atoms with Gasteiger partial charge in [0.25, 0.3) is 11.6 Å². The van der Waals surface area contributed by atoms with E-state index in [0.29, 0.717) is 40.3 Å². The lowest BCUT2D eigenvalue weighted by atomic mass is 10.2. The molecule has 2 aromatic carbocycles. The van der Waals surface area contributed by atoms with Crippen LogP contribution in [0.25, 0.3) is 0 Å². The molecule has 148 valence electrons. The predicted molar refractivity (Wildman–Crippen MR) is 113 cm³/mol. The number of hydrogen-bond donors (Lipinski definition) is 2. The summed E-state index contributed by atoms with van der Waals surface area (Å²) in [4.78, 5) is 23.0. The minimum absolute atomic E-state index is 0.0232. The van der Waals surface area contributed by atoms with Crippen LogP contribution in [0.5, 0.6) is 5.75 Å². The standard InChI is InChI=1S/C18H18BrN3O5S/c1-11-9-13(22(24)25)4-5-15(11)20-18(28)21-17(23)14-10-12(19)3-6-16(14)27-8-7-26-2/h3-6,9-10H,7-8H2,1-2H3,(H2,20,21,23,28). The van der Waals surface area contributed by atoms with E-state index in [4.69, 9.17) is 21.7 Å². The fourth-order valence-corrected chi connectivity index (χ4v) is 2.83. The van der Waals surface area contributed by atoms with Crippen molar-refractivity contribution in [2.24, 2.45) is 0 Å². The summed E-state index contributed by atoms with van der Waals surface area (Å²) < 4.78 is 11.2. The Morgan fingerprint density at radius 2 is 2.00 bits per heavy atom. The third-order valence-electron chi connectivity index (χ3n) is 3.63. The molecular weight excluding hydrogens is 450 g/mol. The van der Waals surface area contributed by atoms with Crippen molar-refractivity contribution in [3.05, 3.63) is 62.1 Å². The third-order valence-corrected chi connectivity index (χ3v) is 4.32. The fourth-order valence-electron chi connectivity index (χ4n) is 2.27. The molecule has 0 spiro atoms. The number of nitro groups is 1. The Kier molecular flexibility index (Phi) is 7.85. The van der Waals surface area contributed by atoms with E-state index >= 15 is 0 Å². The first-order valence-electron chi connectivity index (χ1n) is 8.10. The number of carbonyl (C=O) groups excluding carboxylic acids is 1. The molecule has 0 atom stereocenters. The van der Waals surface area contributed by atoms with Crippen molar-refractivity contribution < 1.29 is 19.2 Å². The number of ether oxygens (including phenoxy) is 2. The Bertz CT molecular complexity index is 907. The lowest BCUT2D eigenvalue weighted by molar-refractivity contribution is -0.384. The Morgan fingerprint density at radius 3 is 2.64 bits per heavy atom. The number of methoxy groups -OCH3 is 1. The summed E-state index contributed by atoms with van der Waals surface area (Å²) in [5.74, 6) is -0.0575. The maximum Gasteiger partial charge on any atom is 0.269 e. The Morgan fingerprint density at radius 1 is 1.25 bits per heavy atom. The number of hydrogen-bond acceptors (Lipinski definition) is 6. The van der Waals surface area contributed by atoms with E-state index in [2.05, 4.69) is 26.6 Å². The van der Waals surface area contributed by atoms with Gasteiger partial charge in [0.05, 0.1) is 17.1 Å². The quantitative estimate of drug-likeness (QED) is 0.276. The number of rotatable bonds is 7. The maximum absolute atomic E-state index is 12.6. The van der Waals surface area contributed by atoms with Crippen LogP contribution in [0.15, 0.2) is 40.9 Å². The van der Waals surface area contributed by atoms with Gasteiger partial charge in [0.2, 0.25) is 0 Å². The fraction of sp³-hybridized carbons (Fsp3) is 0.222. The van der Waals surface area contributed by atoms with Crippen molar-refractivity contribution in [1.29, 1.82) is 0 Å². The van der Waals surface area contributed by atoms with Gasteiger partial charge in [0, 0.05) is 29.4 Å². The first-order valence-corrected chi connectivity index (χ1v) is 9.30. The second kappa shape index (κ2) is 10.1. The second-order valence-electron chi connectivity index (χ2n) is 5.65. The number of nitrogens with one attached hydrogen (secondary N) is 2.